The predicted molar refractivity (Wildman–Crippen MR) is 113 cm³/mol. The van der Waals surface area contributed by atoms with Gasteiger partial charge in [0.1, 0.15) is 5.25 Å². The van der Waals surface area contributed by atoms with Crippen molar-refractivity contribution >= 4 is 17.5 Å². The van der Waals surface area contributed by atoms with Crippen LogP contribution in [-0.4, -0.2) is 21.0 Å². The predicted octanol–water partition coefficient (Wildman–Crippen LogP) is 5.46. The van der Waals surface area contributed by atoms with E-state index in [1.165, 1.54) is 11.8 Å². The molecule has 0 fully saturated rings. The fraction of sp³-hybridized carbons (Fsp3) is 0.130. The molecule has 0 amide bonds. The zero-order valence-corrected chi connectivity index (χ0v) is 16.9. The van der Waals surface area contributed by atoms with Crippen LogP contribution in [0.5, 0.6) is 0 Å². The van der Waals surface area contributed by atoms with Crippen LogP contribution in [-0.2, 0) is 0 Å². The van der Waals surface area contributed by atoms with Crippen LogP contribution in [0, 0.1) is 13.8 Å². The van der Waals surface area contributed by atoms with Gasteiger partial charge in [-0.25, -0.2) is 0 Å². The molecule has 29 heavy (non-hydrogen) atoms. The maximum atomic E-state index is 13.3. The molecule has 0 N–H and O–H groups in total. The van der Waals surface area contributed by atoms with Gasteiger partial charge in [0.15, 0.2) is 5.78 Å². The van der Waals surface area contributed by atoms with Gasteiger partial charge < -0.3 is 4.42 Å². The van der Waals surface area contributed by atoms with Crippen LogP contribution < -0.4 is 0 Å². The first-order valence-electron chi connectivity index (χ1n) is 9.18. The van der Waals surface area contributed by atoms with Crippen LogP contribution >= 0.6 is 11.8 Å². The van der Waals surface area contributed by atoms with Gasteiger partial charge in [-0.1, -0.05) is 59.7 Å². The largest absolute Gasteiger partial charge is 0.411 e. The van der Waals surface area contributed by atoms with Crippen LogP contribution in [0.1, 0.15) is 32.3 Å². The lowest BCUT2D eigenvalue weighted by atomic mass is 10.0. The Hall–Kier alpha value is -3.25. The third kappa shape index (κ3) is 4.43. The summed E-state index contributed by atoms with van der Waals surface area (Å²) in [6.07, 6.45) is 3.34. The summed E-state index contributed by atoms with van der Waals surface area (Å²) in [7, 11) is 0. The summed E-state index contributed by atoms with van der Waals surface area (Å²) < 4.78 is 5.81. The summed E-state index contributed by atoms with van der Waals surface area (Å²) in [6.45, 7) is 4.02. The third-order valence-electron chi connectivity index (χ3n) is 4.51. The van der Waals surface area contributed by atoms with Gasteiger partial charge in [-0.05, 0) is 43.3 Å². The fourth-order valence-electron chi connectivity index (χ4n) is 2.85. The maximum Gasteiger partial charge on any atom is 0.277 e. The lowest BCUT2D eigenvalue weighted by Gasteiger charge is -2.14. The minimum absolute atomic E-state index is 0.00233. The summed E-state index contributed by atoms with van der Waals surface area (Å²) in [4.78, 5) is 17.3. The third-order valence-corrected chi connectivity index (χ3v) is 5.60. The highest BCUT2D eigenvalue weighted by atomic mass is 32.2. The Morgan fingerprint density at radius 1 is 0.862 bits per heavy atom. The topological polar surface area (TPSA) is 68.9 Å². The van der Waals surface area contributed by atoms with Crippen molar-refractivity contribution in [1.29, 1.82) is 0 Å². The second kappa shape index (κ2) is 8.41. The Morgan fingerprint density at radius 3 is 2.14 bits per heavy atom. The van der Waals surface area contributed by atoms with E-state index in [0.717, 1.165) is 22.3 Å². The van der Waals surface area contributed by atoms with Gasteiger partial charge in [-0.15, -0.1) is 10.2 Å². The SMILES string of the molecule is Cc1ccc(C(=O)C(Sc2nnc(-c3ccncc3)o2)c2ccc(C)cc2)cc1. The van der Waals surface area contributed by atoms with Gasteiger partial charge in [0, 0.05) is 23.5 Å². The van der Waals surface area contributed by atoms with E-state index < -0.39 is 5.25 Å². The van der Waals surface area contributed by atoms with E-state index in [-0.39, 0.29) is 5.78 Å². The monoisotopic (exact) mass is 401 g/mol. The Bertz CT molecular complexity index is 1110. The number of thioether (sulfide) groups is 1. The molecule has 0 spiro atoms. The minimum atomic E-state index is -0.482. The Balaban J connectivity index is 1.65. The fourth-order valence-corrected chi connectivity index (χ4v) is 3.81. The molecule has 2 heterocycles. The molecular formula is C23H19N3O2S. The van der Waals surface area contributed by atoms with Gasteiger partial charge in [0.2, 0.25) is 5.89 Å². The molecule has 2 aromatic heterocycles. The summed E-state index contributed by atoms with van der Waals surface area (Å²) in [5, 5.41) is 8.12. The van der Waals surface area contributed by atoms with Crippen LogP contribution in [0.25, 0.3) is 11.5 Å². The zero-order valence-electron chi connectivity index (χ0n) is 16.1. The number of benzene rings is 2. The average Bonchev–Trinajstić information content (AvgIpc) is 3.22. The number of carbonyl (C=O) groups is 1. The molecule has 0 radical (unpaired) electrons. The van der Waals surface area contributed by atoms with E-state index in [1.54, 1.807) is 24.5 Å². The summed E-state index contributed by atoms with van der Waals surface area (Å²) in [5.74, 6) is 0.405. The molecule has 5 nitrogen and oxygen atoms in total. The van der Waals surface area contributed by atoms with Crippen LogP contribution in [0.4, 0.5) is 0 Å². The highest BCUT2D eigenvalue weighted by Crippen LogP contribution is 2.38. The smallest absolute Gasteiger partial charge is 0.277 e. The molecular weight excluding hydrogens is 382 g/mol. The molecule has 0 saturated heterocycles. The first-order chi connectivity index (χ1) is 14.1. The second-order valence-corrected chi connectivity index (χ2v) is 7.80. The number of aromatic nitrogens is 3. The van der Waals surface area contributed by atoms with Crippen molar-refractivity contribution in [2.45, 2.75) is 24.3 Å². The van der Waals surface area contributed by atoms with Crippen LogP contribution in [0.3, 0.4) is 0 Å². The van der Waals surface area contributed by atoms with Crippen molar-refractivity contribution in [2.24, 2.45) is 0 Å². The minimum Gasteiger partial charge on any atom is -0.411 e. The molecule has 0 aliphatic rings. The molecule has 0 aliphatic carbocycles. The molecule has 2 aromatic carbocycles. The molecule has 0 saturated carbocycles. The first-order valence-corrected chi connectivity index (χ1v) is 10.1. The van der Waals surface area contributed by atoms with Crippen LogP contribution in [0.2, 0.25) is 0 Å². The standard InChI is InChI=1S/C23H19N3O2S/c1-15-3-7-17(8-4-15)20(27)21(18-9-5-16(2)6-10-18)29-23-26-25-22(28-23)19-11-13-24-14-12-19/h3-14,21H,1-2H3. The highest BCUT2D eigenvalue weighted by molar-refractivity contribution is 8.00. The number of nitrogens with zero attached hydrogens (tertiary/aromatic N) is 3. The molecule has 4 rings (SSSR count). The molecule has 1 unspecified atom stereocenters. The highest BCUT2D eigenvalue weighted by Gasteiger charge is 2.26. The van der Waals surface area contributed by atoms with E-state index in [4.69, 9.17) is 4.42 Å². The second-order valence-electron chi connectivity index (χ2n) is 6.75. The number of Topliss-reactive ketones (excluding diaryl/α,β-unsaturated/α-hetero) is 1. The van der Waals surface area contributed by atoms with E-state index in [0.29, 0.717) is 16.7 Å². The quantitative estimate of drug-likeness (QED) is 0.315. The lowest BCUT2D eigenvalue weighted by Crippen LogP contribution is -2.10. The number of rotatable bonds is 6. The van der Waals surface area contributed by atoms with Crippen molar-refractivity contribution < 1.29 is 9.21 Å². The molecule has 0 bridgehead atoms. The van der Waals surface area contributed by atoms with Crippen molar-refractivity contribution in [2.75, 3.05) is 0 Å². The van der Waals surface area contributed by atoms with E-state index in [9.17, 15) is 4.79 Å². The molecule has 144 valence electrons. The number of carbonyl (C=O) groups excluding carboxylic acids is 1. The molecule has 1 atom stereocenters. The molecule has 6 heteroatoms. The summed E-state index contributed by atoms with van der Waals surface area (Å²) in [5.41, 5.74) is 4.59. The normalized spacial score (nSPS) is 11.9. The Morgan fingerprint density at radius 2 is 1.48 bits per heavy atom. The van der Waals surface area contributed by atoms with Crippen molar-refractivity contribution in [3.05, 3.63) is 95.3 Å². The van der Waals surface area contributed by atoms with Gasteiger partial charge in [-0.2, -0.15) is 0 Å². The molecule has 0 aliphatic heterocycles. The van der Waals surface area contributed by atoms with Gasteiger partial charge in [0.05, 0.1) is 0 Å². The number of pyridine rings is 1. The van der Waals surface area contributed by atoms with Crippen molar-refractivity contribution in [3.8, 4) is 11.5 Å². The summed E-state index contributed by atoms with van der Waals surface area (Å²) >= 11 is 1.26. The number of hydrogen-bond donors (Lipinski definition) is 0. The zero-order chi connectivity index (χ0) is 20.2. The van der Waals surface area contributed by atoms with Crippen LogP contribution in [0.15, 0.2) is 82.7 Å². The number of hydrogen-bond acceptors (Lipinski definition) is 6. The van der Waals surface area contributed by atoms with Gasteiger partial charge in [-0.3, -0.25) is 9.78 Å². The average molecular weight is 401 g/mol. The van der Waals surface area contributed by atoms with Gasteiger partial charge in [0.25, 0.3) is 5.22 Å². The maximum absolute atomic E-state index is 13.3. The lowest BCUT2D eigenvalue weighted by molar-refractivity contribution is 0.0989. The Labute approximate surface area is 173 Å². The van der Waals surface area contributed by atoms with E-state index >= 15 is 0 Å². The first kappa shape index (κ1) is 19.1. The van der Waals surface area contributed by atoms with E-state index in [1.807, 2.05) is 62.4 Å². The molecule has 4 aromatic rings. The number of aryl methyl sites for hydroxylation is 2. The van der Waals surface area contributed by atoms with Crippen molar-refractivity contribution in [1.82, 2.24) is 15.2 Å². The van der Waals surface area contributed by atoms with Gasteiger partial charge >= 0.3 is 0 Å². The number of ketones is 1. The Kier molecular flexibility index (Phi) is 5.53. The van der Waals surface area contributed by atoms with E-state index in [2.05, 4.69) is 15.2 Å². The summed E-state index contributed by atoms with van der Waals surface area (Å²) in [6, 6.07) is 19.2. The van der Waals surface area contributed by atoms with Crippen molar-refractivity contribution in [3.63, 3.8) is 0 Å².